The number of carbonyl (C=O) groups is 2. The average molecular weight is 268 g/mol. The van der Waals surface area contributed by atoms with Crippen molar-refractivity contribution >= 4 is 11.9 Å². The third-order valence-corrected chi connectivity index (χ3v) is 2.92. The summed E-state index contributed by atoms with van der Waals surface area (Å²) in [6, 6.07) is 0. The quantitative estimate of drug-likeness (QED) is 0.525. The average Bonchev–Trinajstić information content (AvgIpc) is 2.75. The molecule has 0 aliphatic rings. The number of amides is 1. The highest BCUT2D eigenvalue weighted by atomic mass is 16.5. The summed E-state index contributed by atoms with van der Waals surface area (Å²) in [5.41, 5.74) is 2.08. The van der Waals surface area contributed by atoms with E-state index in [0.29, 0.717) is 41.9 Å². The molecule has 1 aromatic rings. The van der Waals surface area contributed by atoms with Crippen LogP contribution in [-0.4, -0.2) is 42.2 Å². The third-order valence-electron chi connectivity index (χ3n) is 2.92. The molecule has 0 fully saturated rings. The van der Waals surface area contributed by atoms with Crippen molar-refractivity contribution in [2.75, 3.05) is 20.3 Å². The number of aromatic amines is 1. The summed E-state index contributed by atoms with van der Waals surface area (Å²) in [4.78, 5) is 26.6. The van der Waals surface area contributed by atoms with Crippen LogP contribution in [-0.2, 0) is 11.2 Å². The Morgan fingerprint density at radius 2 is 2.11 bits per heavy atom. The number of aromatic nitrogens is 1. The lowest BCUT2D eigenvalue weighted by molar-refractivity contribution is 0.0599. The zero-order valence-corrected chi connectivity index (χ0v) is 11.5. The predicted octanol–water partition coefficient (Wildman–Crippen LogP) is 0.784. The van der Waals surface area contributed by atoms with Crippen LogP contribution in [0.25, 0.3) is 0 Å². The lowest BCUT2D eigenvalue weighted by Crippen LogP contribution is -2.26. The Kier molecular flexibility index (Phi) is 5.57. The molecule has 0 radical (unpaired) electrons. The van der Waals surface area contributed by atoms with E-state index in [4.69, 9.17) is 9.84 Å². The minimum atomic E-state index is -0.444. The van der Waals surface area contributed by atoms with E-state index in [2.05, 4.69) is 10.3 Å². The van der Waals surface area contributed by atoms with Crippen molar-refractivity contribution in [3.05, 3.63) is 22.5 Å². The van der Waals surface area contributed by atoms with Crippen molar-refractivity contribution in [3.63, 3.8) is 0 Å². The molecular formula is C13H20N2O4. The van der Waals surface area contributed by atoms with Gasteiger partial charge in [0.15, 0.2) is 0 Å². The van der Waals surface area contributed by atoms with E-state index in [9.17, 15) is 9.59 Å². The van der Waals surface area contributed by atoms with Gasteiger partial charge in [-0.1, -0.05) is 6.92 Å². The fourth-order valence-electron chi connectivity index (χ4n) is 1.90. The molecule has 6 heteroatoms. The molecule has 19 heavy (non-hydrogen) atoms. The second-order valence-corrected chi connectivity index (χ2v) is 4.16. The van der Waals surface area contributed by atoms with Crippen LogP contribution >= 0.6 is 0 Å². The van der Waals surface area contributed by atoms with Gasteiger partial charge in [0.05, 0.1) is 12.7 Å². The second kappa shape index (κ2) is 6.94. The number of hydrogen-bond acceptors (Lipinski definition) is 4. The van der Waals surface area contributed by atoms with Gasteiger partial charge in [-0.25, -0.2) is 4.79 Å². The van der Waals surface area contributed by atoms with E-state index >= 15 is 0 Å². The SMILES string of the molecule is CCc1[nH]c(C(=O)NCCCO)c(C)c1C(=O)OC. The number of ether oxygens (including phenoxy) is 1. The molecule has 0 spiro atoms. The fourth-order valence-corrected chi connectivity index (χ4v) is 1.90. The molecule has 0 aliphatic heterocycles. The molecule has 1 rings (SSSR count). The Bertz CT molecular complexity index is 465. The maximum atomic E-state index is 12.0. The molecule has 1 amide bonds. The summed E-state index contributed by atoms with van der Waals surface area (Å²) in [6.07, 6.45) is 1.10. The Labute approximate surface area is 112 Å². The topological polar surface area (TPSA) is 91.4 Å². The molecule has 0 atom stereocenters. The van der Waals surface area contributed by atoms with Crippen LogP contribution in [0.5, 0.6) is 0 Å². The third kappa shape index (κ3) is 3.35. The largest absolute Gasteiger partial charge is 0.465 e. The fraction of sp³-hybridized carbons (Fsp3) is 0.538. The smallest absolute Gasteiger partial charge is 0.339 e. The predicted molar refractivity (Wildman–Crippen MR) is 70.3 cm³/mol. The van der Waals surface area contributed by atoms with Crippen molar-refractivity contribution in [1.82, 2.24) is 10.3 Å². The van der Waals surface area contributed by atoms with E-state index in [0.717, 1.165) is 0 Å². The van der Waals surface area contributed by atoms with Crippen LogP contribution in [0.15, 0.2) is 0 Å². The van der Waals surface area contributed by atoms with Crippen LogP contribution in [0.1, 0.15) is 45.4 Å². The van der Waals surface area contributed by atoms with E-state index in [1.165, 1.54) is 7.11 Å². The lowest BCUT2D eigenvalue weighted by Gasteiger charge is -2.03. The number of esters is 1. The summed E-state index contributed by atoms with van der Waals surface area (Å²) in [6.45, 7) is 4.02. The second-order valence-electron chi connectivity index (χ2n) is 4.16. The first-order valence-corrected chi connectivity index (χ1v) is 6.25. The van der Waals surface area contributed by atoms with Crippen LogP contribution in [0.4, 0.5) is 0 Å². The van der Waals surface area contributed by atoms with Crippen molar-refractivity contribution < 1.29 is 19.4 Å². The zero-order valence-electron chi connectivity index (χ0n) is 11.5. The number of aliphatic hydroxyl groups excluding tert-OH is 1. The lowest BCUT2D eigenvalue weighted by atomic mass is 10.1. The standard InChI is InChI=1S/C13H20N2O4/c1-4-9-10(13(18)19-3)8(2)11(15-9)12(17)14-6-5-7-16/h15-16H,4-7H2,1-3H3,(H,14,17). The van der Waals surface area contributed by atoms with Crippen molar-refractivity contribution in [2.24, 2.45) is 0 Å². The number of carbonyl (C=O) groups excluding carboxylic acids is 2. The van der Waals surface area contributed by atoms with Crippen LogP contribution in [0.2, 0.25) is 0 Å². The summed E-state index contributed by atoms with van der Waals surface area (Å²) < 4.78 is 4.73. The number of rotatable bonds is 6. The highest BCUT2D eigenvalue weighted by Crippen LogP contribution is 2.20. The highest BCUT2D eigenvalue weighted by molar-refractivity contribution is 6.00. The first-order valence-electron chi connectivity index (χ1n) is 6.25. The Morgan fingerprint density at radius 3 is 2.63 bits per heavy atom. The van der Waals surface area contributed by atoms with E-state index in [1.807, 2.05) is 6.92 Å². The van der Waals surface area contributed by atoms with Crippen molar-refractivity contribution in [3.8, 4) is 0 Å². The van der Waals surface area contributed by atoms with Gasteiger partial charge in [0.25, 0.3) is 5.91 Å². The number of nitrogens with one attached hydrogen (secondary N) is 2. The molecule has 3 N–H and O–H groups in total. The molecule has 106 valence electrons. The molecule has 0 saturated heterocycles. The van der Waals surface area contributed by atoms with Gasteiger partial charge in [-0.2, -0.15) is 0 Å². The van der Waals surface area contributed by atoms with Gasteiger partial charge >= 0.3 is 5.97 Å². The molecule has 0 bridgehead atoms. The number of methoxy groups -OCH3 is 1. The van der Waals surface area contributed by atoms with Gasteiger partial charge < -0.3 is 20.1 Å². The number of aliphatic hydroxyl groups is 1. The highest BCUT2D eigenvalue weighted by Gasteiger charge is 2.23. The molecule has 0 aliphatic carbocycles. The first-order chi connectivity index (χ1) is 9.06. The summed E-state index contributed by atoms with van der Waals surface area (Å²) in [5.74, 6) is -0.726. The molecule has 6 nitrogen and oxygen atoms in total. The van der Waals surface area contributed by atoms with E-state index in [1.54, 1.807) is 6.92 Å². The maximum absolute atomic E-state index is 12.0. The minimum Gasteiger partial charge on any atom is -0.465 e. The normalized spacial score (nSPS) is 10.3. The molecule has 1 aromatic heterocycles. The van der Waals surface area contributed by atoms with Gasteiger partial charge in [-0.15, -0.1) is 0 Å². The maximum Gasteiger partial charge on any atom is 0.339 e. The Hall–Kier alpha value is -1.82. The molecule has 1 heterocycles. The number of hydrogen-bond donors (Lipinski definition) is 3. The summed E-state index contributed by atoms with van der Waals surface area (Å²) in [5, 5.41) is 11.4. The first kappa shape index (κ1) is 15.2. The summed E-state index contributed by atoms with van der Waals surface area (Å²) >= 11 is 0. The van der Waals surface area contributed by atoms with Gasteiger partial charge in [0.1, 0.15) is 5.69 Å². The van der Waals surface area contributed by atoms with E-state index < -0.39 is 5.97 Å². The van der Waals surface area contributed by atoms with Crippen LogP contribution in [0.3, 0.4) is 0 Å². The van der Waals surface area contributed by atoms with Gasteiger partial charge in [0, 0.05) is 18.8 Å². The van der Waals surface area contributed by atoms with Crippen molar-refractivity contribution in [1.29, 1.82) is 0 Å². The van der Waals surface area contributed by atoms with Gasteiger partial charge in [-0.3, -0.25) is 4.79 Å². The van der Waals surface area contributed by atoms with Crippen molar-refractivity contribution in [2.45, 2.75) is 26.7 Å². The molecule has 0 aromatic carbocycles. The van der Waals surface area contributed by atoms with Gasteiger partial charge in [0.2, 0.25) is 0 Å². The molecule has 0 saturated carbocycles. The number of aryl methyl sites for hydroxylation is 1. The Balaban J connectivity index is 2.99. The van der Waals surface area contributed by atoms with Crippen LogP contribution in [0, 0.1) is 6.92 Å². The summed E-state index contributed by atoms with van der Waals surface area (Å²) in [7, 11) is 1.31. The van der Waals surface area contributed by atoms with Gasteiger partial charge in [-0.05, 0) is 25.3 Å². The number of H-pyrrole nitrogens is 1. The molecular weight excluding hydrogens is 248 g/mol. The van der Waals surface area contributed by atoms with E-state index in [-0.39, 0.29) is 12.5 Å². The molecule has 0 unspecified atom stereocenters. The zero-order chi connectivity index (χ0) is 14.4. The Morgan fingerprint density at radius 1 is 1.42 bits per heavy atom. The minimum absolute atomic E-state index is 0.0254. The van der Waals surface area contributed by atoms with Crippen LogP contribution < -0.4 is 5.32 Å². The monoisotopic (exact) mass is 268 g/mol.